The number of imidazole rings is 1. The lowest BCUT2D eigenvalue weighted by Gasteiger charge is -2.07. The second kappa shape index (κ2) is 6.84. The van der Waals surface area contributed by atoms with Crippen LogP contribution in [0.3, 0.4) is 0 Å². The third-order valence-corrected chi connectivity index (χ3v) is 4.04. The lowest BCUT2D eigenvalue weighted by molar-refractivity contribution is 0.0954. The van der Waals surface area contributed by atoms with E-state index >= 15 is 0 Å². The van der Waals surface area contributed by atoms with E-state index in [2.05, 4.69) is 27.9 Å². The molecule has 2 aromatic carbocycles. The van der Waals surface area contributed by atoms with Gasteiger partial charge in [-0.1, -0.05) is 23.7 Å². The molecule has 0 bridgehead atoms. The lowest BCUT2D eigenvalue weighted by atomic mass is 10.2. The number of amides is 1. The summed E-state index contributed by atoms with van der Waals surface area (Å²) in [5, 5.41) is 3.55. The van der Waals surface area contributed by atoms with Crippen LogP contribution in [0.1, 0.15) is 23.1 Å². The van der Waals surface area contributed by atoms with Crippen LogP contribution >= 0.6 is 11.6 Å². The van der Waals surface area contributed by atoms with Crippen molar-refractivity contribution in [1.29, 1.82) is 0 Å². The van der Waals surface area contributed by atoms with E-state index in [1.807, 2.05) is 18.2 Å². The number of aromatic nitrogens is 2. The minimum Gasteiger partial charge on any atom is -0.352 e. The Kier molecular flexibility index (Phi) is 4.63. The molecule has 0 aliphatic carbocycles. The Hall–Kier alpha value is -2.33. The van der Waals surface area contributed by atoms with Crippen LogP contribution in [0, 0.1) is 0 Å². The zero-order chi connectivity index (χ0) is 16.2. The van der Waals surface area contributed by atoms with Crippen LogP contribution < -0.4 is 5.32 Å². The number of halogens is 1. The molecule has 0 radical (unpaired) electrons. The van der Waals surface area contributed by atoms with Crippen molar-refractivity contribution in [3.05, 3.63) is 64.9 Å². The van der Waals surface area contributed by atoms with Crippen LogP contribution in [0.5, 0.6) is 0 Å². The topological polar surface area (TPSA) is 46.9 Å². The van der Waals surface area contributed by atoms with Gasteiger partial charge in [0.25, 0.3) is 5.91 Å². The molecule has 118 valence electrons. The number of aryl methyl sites for hydroxylation is 1. The van der Waals surface area contributed by atoms with Crippen LogP contribution in [-0.4, -0.2) is 22.0 Å². The number of hydrogen-bond donors (Lipinski definition) is 1. The number of hydrogen-bond acceptors (Lipinski definition) is 2. The van der Waals surface area contributed by atoms with Crippen LogP contribution in [0.25, 0.3) is 11.0 Å². The highest BCUT2D eigenvalue weighted by molar-refractivity contribution is 6.30. The minimum atomic E-state index is -0.0965. The van der Waals surface area contributed by atoms with Crippen LogP contribution in [0.15, 0.2) is 48.5 Å². The number of para-hydroxylation sites is 2. The summed E-state index contributed by atoms with van der Waals surface area (Å²) in [6.45, 7) is 3.51. The number of carbonyl (C=O) groups is 1. The Bertz CT molecular complexity index is 824. The van der Waals surface area contributed by atoms with E-state index in [9.17, 15) is 4.79 Å². The van der Waals surface area contributed by atoms with Crippen LogP contribution in [-0.2, 0) is 13.0 Å². The molecule has 0 aliphatic heterocycles. The molecule has 0 unspecified atom stereocenters. The van der Waals surface area contributed by atoms with Gasteiger partial charge in [0.2, 0.25) is 0 Å². The molecule has 0 spiro atoms. The lowest BCUT2D eigenvalue weighted by Crippen LogP contribution is -2.26. The average Bonchev–Trinajstić information content (AvgIpc) is 2.92. The Morgan fingerprint density at radius 3 is 2.65 bits per heavy atom. The molecule has 1 aromatic heterocycles. The summed E-state index contributed by atoms with van der Waals surface area (Å²) in [4.78, 5) is 16.8. The smallest absolute Gasteiger partial charge is 0.251 e. The van der Waals surface area contributed by atoms with Gasteiger partial charge in [0.05, 0.1) is 11.0 Å². The SMILES string of the molecule is CCn1c(CCNC(=O)c2ccc(Cl)cc2)nc2ccccc21. The van der Waals surface area contributed by atoms with Crippen molar-refractivity contribution in [3.63, 3.8) is 0 Å². The first-order valence-electron chi connectivity index (χ1n) is 7.67. The second-order valence-electron chi connectivity index (χ2n) is 5.27. The number of carbonyl (C=O) groups excluding carboxylic acids is 1. The van der Waals surface area contributed by atoms with E-state index in [1.54, 1.807) is 24.3 Å². The maximum Gasteiger partial charge on any atom is 0.251 e. The van der Waals surface area contributed by atoms with Gasteiger partial charge in [-0.25, -0.2) is 4.98 Å². The first kappa shape index (κ1) is 15.6. The third-order valence-electron chi connectivity index (χ3n) is 3.79. The summed E-state index contributed by atoms with van der Waals surface area (Å²) in [5.74, 6) is 0.894. The Balaban J connectivity index is 1.66. The fourth-order valence-electron chi connectivity index (χ4n) is 2.66. The third kappa shape index (κ3) is 3.37. The van der Waals surface area contributed by atoms with E-state index in [0.29, 0.717) is 23.6 Å². The zero-order valence-corrected chi connectivity index (χ0v) is 13.7. The van der Waals surface area contributed by atoms with Crippen molar-refractivity contribution in [2.45, 2.75) is 19.9 Å². The van der Waals surface area contributed by atoms with Gasteiger partial charge in [-0.15, -0.1) is 0 Å². The maximum atomic E-state index is 12.1. The molecular weight excluding hydrogens is 310 g/mol. The van der Waals surface area contributed by atoms with Crippen LogP contribution in [0.4, 0.5) is 0 Å². The monoisotopic (exact) mass is 327 g/mol. The van der Waals surface area contributed by atoms with E-state index < -0.39 is 0 Å². The summed E-state index contributed by atoms with van der Waals surface area (Å²) in [6.07, 6.45) is 0.696. The van der Waals surface area contributed by atoms with E-state index in [1.165, 1.54) is 0 Å². The fourth-order valence-corrected chi connectivity index (χ4v) is 2.79. The van der Waals surface area contributed by atoms with Gasteiger partial charge < -0.3 is 9.88 Å². The molecule has 1 heterocycles. The van der Waals surface area contributed by atoms with Crippen molar-refractivity contribution >= 4 is 28.5 Å². The van der Waals surface area contributed by atoms with Gasteiger partial charge in [-0.2, -0.15) is 0 Å². The highest BCUT2D eigenvalue weighted by Gasteiger charge is 2.10. The van der Waals surface area contributed by atoms with E-state index in [0.717, 1.165) is 23.4 Å². The first-order valence-corrected chi connectivity index (χ1v) is 8.04. The molecule has 5 heteroatoms. The number of rotatable bonds is 5. The van der Waals surface area contributed by atoms with Crippen molar-refractivity contribution in [2.24, 2.45) is 0 Å². The first-order chi connectivity index (χ1) is 11.2. The quantitative estimate of drug-likeness (QED) is 0.777. The standard InChI is InChI=1S/C18H18ClN3O/c1-2-22-16-6-4-3-5-15(16)21-17(22)11-12-20-18(23)13-7-9-14(19)10-8-13/h3-10H,2,11-12H2,1H3,(H,20,23). The Morgan fingerprint density at radius 2 is 1.91 bits per heavy atom. The minimum absolute atomic E-state index is 0.0965. The van der Waals surface area contributed by atoms with Gasteiger partial charge in [0.1, 0.15) is 5.82 Å². The molecule has 0 fully saturated rings. The van der Waals surface area contributed by atoms with Gasteiger partial charge in [0, 0.05) is 30.1 Å². The number of benzene rings is 2. The zero-order valence-electron chi connectivity index (χ0n) is 12.9. The molecule has 0 saturated heterocycles. The normalized spacial score (nSPS) is 10.9. The molecule has 0 saturated carbocycles. The summed E-state index contributed by atoms with van der Waals surface area (Å²) in [5.41, 5.74) is 2.74. The van der Waals surface area contributed by atoms with E-state index in [4.69, 9.17) is 11.6 Å². The maximum absolute atomic E-state index is 12.1. The van der Waals surface area contributed by atoms with Gasteiger partial charge in [-0.05, 0) is 43.3 Å². The Labute approximate surface area is 140 Å². The Morgan fingerprint density at radius 1 is 1.17 bits per heavy atom. The summed E-state index contributed by atoms with van der Waals surface area (Å²) in [7, 11) is 0. The second-order valence-corrected chi connectivity index (χ2v) is 5.71. The molecular formula is C18H18ClN3O. The highest BCUT2D eigenvalue weighted by atomic mass is 35.5. The average molecular weight is 328 g/mol. The molecule has 0 aliphatic rings. The number of nitrogens with zero attached hydrogens (tertiary/aromatic N) is 2. The number of nitrogens with one attached hydrogen (secondary N) is 1. The van der Waals surface area contributed by atoms with E-state index in [-0.39, 0.29) is 5.91 Å². The highest BCUT2D eigenvalue weighted by Crippen LogP contribution is 2.16. The van der Waals surface area contributed by atoms with Crippen molar-refractivity contribution in [2.75, 3.05) is 6.54 Å². The summed E-state index contributed by atoms with van der Waals surface area (Å²) in [6, 6.07) is 15.0. The number of fused-ring (bicyclic) bond motifs is 1. The molecule has 3 aromatic rings. The van der Waals surface area contributed by atoms with Crippen LogP contribution in [0.2, 0.25) is 5.02 Å². The molecule has 4 nitrogen and oxygen atoms in total. The summed E-state index contributed by atoms with van der Waals surface area (Å²) < 4.78 is 2.18. The molecule has 23 heavy (non-hydrogen) atoms. The molecule has 1 amide bonds. The summed E-state index contributed by atoms with van der Waals surface area (Å²) >= 11 is 5.83. The molecule has 0 atom stereocenters. The van der Waals surface area contributed by atoms with Gasteiger partial charge in [0.15, 0.2) is 0 Å². The van der Waals surface area contributed by atoms with Gasteiger partial charge >= 0.3 is 0 Å². The van der Waals surface area contributed by atoms with Crippen molar-refractivity contribution in [1.82, 2.24) is 14.9 Å². The van der Waals surface area contributed by atoms with Crippen molar-refractivity contribution < 1.29 is 4.79 Å². The fraction of sp³-hybridized carbons (Fsp3) is 0.222. The van der Waals surface area contributed by atoms with Crippen molar-refractivity contribution in [3.8, 4) is 0 Å². The molecule has 1 N–H and O–H groups in total. The predicted molar refractivity (Wildman–Crippen MR) is 92.9 cm³/mol. The van der Waals surface area contributed by atoms with Gasteiger partial charge in [-0.3, -0.25) is 4.79 Å². The largest absolute Gasteiger partial charge is 0.352 e. The molecule has 3 rings (SSSR count). The predicted octanol–water partition coefficient (Wildman–Crippen LogP) is 3.68.